The summed E-state index contributed by atoms with van der Waals surface area (Å²) in [4.78, 5) is 0. The molecule has 0 N–H and O–H groups in total. The molecule has 1 aromatic carbocycles. The fourth-order valence-electron chi connectivity index (χ4n) is 2.13. The standard InChI is InChI=1S/C12H15F/c1-2-9-7-10(8-9)11-5-3-4-6-12(11)13/h3-6,9-10H,2,7-8H2,1H3/t9-,10+. The fraction of sp³-hybridized carbons (Fsp3) is 0.500. The van der Waals surface area contributed by atoms with Crippen LogP contribution in [0.4, 0.5) is 4.39 Å². The Morgan fingerprint density at radius 2 is 2.00 bits per heavy atom. The largest absolute Gasteiger partial charge is 0.207 e. The normalized spacial score (nSPS) is 26.9. The molecule has 0 spiro atoms. The van der Waals surface area contributed by atoms with Crippen molar-refractivity contribution in [3.05, 3.63) is 35.6 Å². The summed E-state index contributed by atoms with van der Waals surface area (Å²) in [5.41, 5.74) is 0.923. The van der Waals surface area contributed by atoms with E-state index in [9.17, 15) is 4.39 Å². The molecule has 2 rings (SSSR count). The summed E-state index contributed by atoms with van der Waals surface area (Å²) in [5, 5.41) is 0. The van der Waals surface area contributed by atoms with E-state index < -0.39 is 0 Å². The molecule has 0 radical (unpaired) electrons. The highest BCUT2D eigenvalue weighted by Gasteiger charge is 2.30. The topological polar surface area (TPSA) is 0 Å². The van der Waals surface area contributed by atoms with Crippen molar-refractivity contribution < 1.29 is 4.39 Å². The highest BCUT2D eigenvalue weighted by Crippen LogP contribution is 2.43. The van der Waals surface area contributed by atoms with E-state index in [2.05, 4.69) is 6.92 Å². The van der Waals surface area contributed by atoms with E-state index in [-0.39, 0.29) is 5.82 Å². The Morgan fingerprint density at radius 1 is 1.31 bits per heavy atom. The summed E-state index contributed by atoms with van der Waals surface area (Å²) in [6.45, 7) is 2.21. The zero-order valence-corrected chi connectivity index (χ0v) is 7.96. The second kappa shape index (κ2) is 3.49. The third kappa shape index (κ3) is 1.60. The molecule has 0 aliphatic heterocycles. The van der Waals surface area contributed by atoms with Crippen LogP contribution < -0.4 is 0 Å². The molecule has 0 nitrogen and oxygen atoms in total. The molecule has 1 aliphatic rings. The molecular weight excluding hydrogens is 163 g/mol. The van der Waals surface area contributed by atoms with Gasteiger partial charge in [-0.05, 0) is 36.3 Å². The van der Waals surface area contributed by atoms with Crippen LogP contribution in [0, 0.1) is 11.7 Å². The van der Waals surface area contributed by atoms with Gasteiger partial charge in [-0.1, -0.05) is 31.5 Å². The van der Waals surface area contributed by atoms with Crippen LogP contribution in [0.2, 0.25) is 0 Å². The highest BCUT2D eigenvalue weighted by atomic mass is 19.1. The number of halogens is 1. The summed E-state index contributed by atoms with van der Waals surface area (Å²) in [5.74, 6) is 1.30. The van der Waals surface area contributed by atoms with Crippen LogP contribution in [0.5, 0.6) is 0 Å². The number of hydrogen-bond acceptors (Lipinski definition) is 0. The Kier molecular flexibility index (Phi) is 2.34. The van der Waals surface area contributed by atoms with Gasteiger partial charge in [0.25, 0.3) is 0 Å². The quantitative estimate of drug-likeness (QED) is 0.647. The van der Waals surface area contributed by atoms with Gasteiger partial charge in [0, 0.05) is 0 Å². The Labute approximate surface area is 78.8 Å². The molecule has 0 unspecified atom stereocenters. The molecule has 1 aliphatic carbocycles. The third-order valence-electron chi connectivity index (χ3n) is 3.16. The number of benzene rings is 1. The molecule has 1 aromatic rings. The van der Waals surface area contributed by atoms with Gasteiger partial charge in [-0.15, -0.1) is 0 Å². The lowest BCUT2D eigenvalue weighted by Crippen LogP contribution is -2.21. The molecule has 0 saturated heterocycles. The Hall–Kier alpha value is -0.850. The summed E-state index contributed by atoms with van der Waals surface area (Å²) in [6.07, 6.45) is 3.60. The molecule has 1 saturated carbocycles. The van der Waals surface area contributed by atoms with Crippen molar-refractivity contribution in [2.45, 2.75) is 32.1 Å². The van der Waals surface area contributed by atoms with Crippen molar-refractivity contribution in [2.75, 3.05) is 0 Å². The molecule has 1 heteroatoms. The first-order valence-electron chi connectivity index (χ1n) is 5.05. The summed E-state index contributed by atoms with van der Waals surface area (Å²) in [7, 11) is 0. The van der Waals surface area contributed by atoms with Gasteiger partial charge in [-0.25, -0.2) is 4.39 Å². The SMILES string of the molecule is CC[C@H]1C[C@@H](c2ccccc2F)C1. The van der Waals surface area contributed by atoms with E-state index in [0.717, 1.165) is 11.5 Å². The smallest absolute Gasteiger partial charge is 0.126 e. The molecule has 0 atom stereocenters. The molecule has 70 valence electrons. The van der Waals surface area contributed by atoms with Gasteiger partial charge < -0.3 is 0 Å². The van der Waals surface area contributed by atoms with E-state index in [1.54, 1.807) is 12.1 Å². The van der Waals surface area contributed by atoms with Gasteiger partial charge in [0.15, 0.2) is 0 Å². The van der Waals surface area contributed by atoms with Crippen LogP contribution in [0.1, 0.15) is 37.7 Å². The average Bonchev–Trinajstić information content (AvgIpc) is 2.06. The molecule has 1 fully saturated rings. The Morgan fingerprint density at radius 3 is 2.62 bits per heavy atom. The fourth-order valence-corrected chi connectivity index (χ4v) is 2.13. The molecular formula is C12H15F. The van der Waals surface area contributed by atoms with Crippen LogP contribution in [0.25, 0.3) is 0 Å². The minimum absolute atomic E-state index is 0.0259. The zero-order chi connectivity index (χ0) is 9.26. The minimum atomic E-state index is -0.0259. The van der Waals surface area contributed by atoms with Crippen molar-refractivity contribution in [1.82, 2.24) is 0 Å². The van der Waals surface area contributed by atoms with Gasteiger partial charge in [0.1, 0.15) is 5.82 Å². The van der Waals surface area contributed by atoms with Crippen LogP contribution in [0.3, 0.4) is 0 Å². The molecule has 0 amide bonds. The number of hydrogen-bond donors (Lipinski definition) is 0. The minimum Gasteiger partial charge on any atom is -0.207 e. The monoisotopic (exact) mass is 178 g/mol. The van der Waals surface area contributed by atoms with Crippen LogP contribution in [0.15, 0.2) is 24.3 Å². The van der Waals surface area contributed by atoms with Crippen molar-refractivity contribution in [2.24, 2.45) is 5.92 Å². The lowest BCUT2D eigenvalue weighted by atomic mass is 9.70. The maximum atomic E-state index is 13.3. The molecule has 0 bridgehead atoms. The highest BCUT2D eigenvalue weighted by molar-refractivity contribution is 5.23. The number of rotatable bonds is 2. The van der Waals surface area contributed by atoms with E-state index >= 15 is 0 Å². The summed E-state index contributed by atoms with van der Waals surface area (Å²) >= 11 is 0. The molecule has 0 heterocycles. The van der Waals surface area contributed by atoms with Crippen molar-refractivity contribution in [3.8, 4) is 0 Å². The zero-order valence-electron chi connectivity index (χ0n) is 7.96. The van der Waals surface area contributed by atoms with E-state index in [1.165, 1.54) is 19.3 Å². The van der Waals surface area contributed by atoms with Gasteiger partial charge in [0.05, 0.1) is 0 Å². The molecule has 13 heavy (non-hydrogen) atoms. The van der Waals surface area contributed by atoms with Crippen LogP contribution >= 0.6 is 0 Å². The average molecular weight is 178 g/mol. The second-order valence-electron chi connectivity index (χ2n) is 3.96. The van der Waals surface area contributed by atoms with Crippen molar-refractivity contribution in [1.29, 1.82) is 0 Å². The maximum absolute atomic E-state index is 13.3. The lowest BCUT2D eigenvalue weighted by Gasteiger charge is -2.35. The first kappa shape index (κ1) is 8.74. The third-order valence-corrected chi connectivity index (χ3v) is 3.16. The Bertz CT molecular complexity index is 287. The van der Waals surface area contributed by atoms with Gasteiger partial charge in [-0.2, -0.15) is 0 Å². The maximum Gasteiger partial charge on any atom is 0.126 e. The van der Waals surface area contributed by atoms with Gasteiger partial charge >= 0.3 is 0 Å². The van der Waals surface area contributed by atoms with Crippen molar-refractivity contribution in [3.63, 3.8) is 0 Å². The second-order valence-corrected chi connectivity index (χ2v) is 3.96. The van der Waals surface area contributed by atoms with E-state index in [4.69, 9.17) is 0 Å². The van der Waals surface area contributed by atoms with Crippen LogP contribution in [-0.4, -0.2) is 0 Å². The van der Waals surface area contributed by atoms with Crippen LogP contribution in [-0.2, 0) is 0 Å². The van der Waals surface area contributed by atoms with E-state index in [1.807, 2.05) is 12.1 Å². The predicted molar refractivity (Wildman–Crippen MR) is 52.2 cm³/mol. The summed E-state index contributed by atoms with van der Waals surface area (Å²) < 4.78 is 13.3. The molecule has 0 aromatic heterocycles. The predicted octanol–water partition coefficient (Wildman–Crippen LogP) is 3.73. The lowest BCUT2D eigenvalue weighted by molar-refractivity contribution is 0.251. The van der Waals surface area contributed by atoms with E-state index in [0.29, 0.717) is 5.92 Å². The van der Waals surface area contributed by atoms with Gasteiger partial charge in [-0.3, -0.25) is 0 Å². The Balaban J connectivity index is 2.07. The summed E-state index contributed by atoms with van der Waals surface area (Å²) in [6, 6.07) is 7.17. The van der Waals surface area contributed by atoms with Crippen molar-refractivity contribution >= 4 is 0 Å². The van der Waals surface area contributed by atoms with Gasteiger partial charge in [0.2, 0.25) is 0 Å². The first-order valence-corrected chi connectivity index (χ1v) is 5.05. The first-order chi connectivity index (χ1) is 6.31.